The summed E-state index contributed by atoms with van der Waals surface area (Å²) in [5, 5.41) is 2.02. The van der Waals surface area contributed by atoms with E-state index in [4.69, 9.17) is 4.98 Å². The van der Waals surface area contributed by atoms with Crippen LogP contribution >= 0.6 is 11.8 Å². The average Bonchev–Trinajstić information content (AvgIpc) is 2.67. The van der Waals surface area contributed by atoms with Gasteiger partial charge in [0.25, 0.3) is 0 Å². The fourth-order valence-electron chi connectivity index (χ4n) is 2.88. The number of nitrogens with zero attached hydrogens (tertiary/aromatic N) is 2. The minimum atomic E-state index is 0.159. The molecule has 3 aromatic rings. The number of hydrogen-bond donors (Lipinski definition) is 0. The smallest absolute Gasteiger partial charge is 0.232 e. The second-order valence-electron chi connectivity index (χ2n) is 5.75. The molecular weight excluding hydrogens is 328 g/mol. The van der Waals surface area contributed by atoms with Crippen LogP contribution < -0.4 is 0 Å². The highest BCUT2D eigenvalue weighted by Gasteiger charge is 2.12. The zero-order valence-corrected chi connectivity index (χ0v) is 15.4. The summed E-state index contributed by atoms with van der Waals surface area (Å²) in [6.07, 6.45) is 0. The largest absolute Gasteiger partial charge is 0.343 e. The van der Waals surface area contributed by atoms with E-state index >= 15 is 0 Å². The van der Waals surface area contributed by atoms with Crippen molar-refractivity contribution >= 4 is 28.6 Å². The van der Waals surface area contributed by atoms with Gasteiger partial charge in [0.1, 0.15) is 0 Å². The van der Waals surface area contributed by atoms with Gasteiger partial charge in [-0.2, -0.15) is 0 Å². The van der Waals surface area contributed by atoms with E-state index in [-0.39, 0.29) is 5.91 Å². The molecule has 0 aliphatic carbocycles. The van der Waals surface area contributed by atoms with Crippen LogP contribution in [0.3, 0.4) is 0 Å². The monoisotopic (exact) mass is 350 g/mol. The lowest BCUT2D eigenvalue weighted by Crippen LogP contribution is -2.31. The van der Waals surface area contributed by atoms with E-state index in [1.807, 2.05) is 55.1 Å². The van der Waals surface area contributed by atoms with Crippen LogP contribution in [0.2, 0.25) is 0 Å². The maximum atomic E-state index is 12.3. The molecule has 0 bridgehead atoms. The number of pyridine rings is 1. The lowest BCUT2D eigenvalue weighted by molar-refractivity contribution is -0.127. The van der Waals surface area contributed by atoms with E-state index in [1.165, 1.54) is 11.8 Å². The summed E-state index contributed by atoms with van der Waals surface area (Å²) in [4.78, 5) is 18.9. The summed E-state index contributed by atoms with van der Waals surface area (Å²) in [7, 11) is 0. The number of carbonyl (C=O) groups excluding carboxylic acids is 1. The molecular formula is C21H22N2OS. The third kappa shape index (κ3) is 4.02. The van der Waals surface area contributed by atoms with Crippen LogP contribution in [0.15, 0.2) is 65.7 Å². The average molecular weight is 350 g/mol. The summed E-state index contributed by atoms with van der Waals surface area (Å²) in [6, 6.07) is 20.6. The van der Waals surface area contributed by atoms with Crippen molar-refractivity contribution < 1.29 is 4.79 Å². The zero-order chi connectivity index (χ0) is 17.6. The molecule has 0 aliphatic heterocycles. The SMILES string of the molecule is CCN(CC)C(=O)CSc1cc(-c2ccccc2)c2ccccc2n1. The number of aromatic nitrogens is 1. The van der Waals surface area contributed by atoms with E-state index < -0.39 is 0 Å². The van der Waals surface area contributed by atoms with Gasteiger partial charge in [-0.15, -0.1) is 0 Å². The molecule has 3 nitrogen and oxygen atoms in total. The van der Waals surface area contributed by atoms with Gasteiger partial charge in [-0.05, 0) is 37.1 Å². The van der Waals surface area contributed by atoms with E-state index in [0.717, 1.165) is 40.1 Å². The molecule has 0 saturated heterocycles. The Balaban J connectivity index is 1.93. The van der Waals surface area contributed by atoms with Crippen molar-refractivity contribution in [2.45, 2.75) is 18.9 Å². The molecule has 0 fully saturated rings. The fraction of sp³-hybridized carbons (Fsp3) is 0.238. The Labute approximate surface area is 153 Å². The number of carbonyl (C=O) groups is 1. The summed E-state index contributed by atoms with van der Waals surface area (Å²) < 4.78 is 0. The summed E-state index contributed by atoms with van der Waals surface area (Å²) in [6.45, 7) is 5.51. The van der Waals surface area contributed by atoms with E-state index in [0.29, 0.717) is 5.75 Å². The number of fused-ring (bicyclic) bond motifs is 1. The second kappa shape index (κ2) is 8.17. The van der Waals surface area contributed by atoms with Crippen LogP contribution in [0.5, 0.6) is 0 Å². The molecule has 4 heteroatoms. The maximum absolute atomic E-state index is 12.3. The lowest BCUT2D eigenvalue weighted by Gasteiger charge is -2.18. The molecule has 2 aromatic carbocycles. The first-order chi connectivity index (χ1) is 12.2. The molecule has 3 rings (SSSR count). The Kier molecular flexibility index (Phi) is 5.71. The standard InChI is InChI=1S/C21H22N2OS/c1-3-23(4-2)21(24)15-25-20-14-18(16-10-6-5-7-11-16)17-12-8-9-13-19(17)22-20/h5-14H,3-4,15H2,1-2H3. The van der Waals surface area contributed by atoms with Crippen molar-refractivity contribution in [2.24, 2.45) is 0 Å². The fourth-order valence-corrected chi connectivity index (χ4v) is 3.70. The molecule has 25 heavy (non-hydrogen) atoms. The Morgan fingerprint density at radius 1 is 1.00 bits per heavy atom. The van der Waals surface area contributed by atoms with Crippen molar-refractivity contribution in [3.05, 3.63) is 60.7 Å². The van der Waals surface area contributed by atoms with E-state index in [1.54, 1.807) is 0 Å². The highest BCUT2D eigenvalue weighted by atomic mass is 32.2. The number of amides is 1. The van der Waals surface area contributed by atoms with Crippen LogP contribution in [0.4, 0.5) is 0 Å². The number of thioether (sulfide) groups is 1. The molecule has 0 atom stereocenters. The van der Waals surface area contributed by atoms with Gasteiger partial charge in [-0.25, -0.2) is 4.98 Å². The molecule has 0 aliphatic rings. The molecule has 0 saturated carbocycles. The number of rotatable bonds is 6. The van der Waals surface area contributed by atoms with Gasteiger partial charge in [0, 0.05) is 18.5 Å². The Hall–Kier alpha value is -2.33. The highest BCUT2D eigenvalue weighted by Crippen LogP contribution is 2.31. The first kappa shape index (κ1) is 17.5. The molecule has 1 heterocycles. The van der Waals surface area contributed by atoms with Gasteiger partial charge in [-0.1, -0.05) is 60.3 Å². The zero-order valence-electron chi connectivity index (χ0n) is 14.6. The van der Waals surface area contributed by atoms with Crippen LogP contribution in [0.1, 0.15) is 13.8 Å². The summed E-state index contributed by atoms with van der Waals surface area (Å²) in [5.41, 5.74) is 3.28. The molecule has 128 valence electrons. The van der Waals surface area contributed by atoms with E-state index in [9.17, 15) is 4.79 Å². The molecule has 0 N–H and O–H groups in total. The van der Waals surface area contributed by atoms with Crippen molar-refractivity contribution in [3.8, 4) is 11.1 Å². The maximum Gasteiger partial charge on any atom is 0.232 e. The normalized spacial score (nSPS) is 10.8. The quantitative estimate of drug-likeness (QED) is 0.595. The van der Waals surface area contributed by atoms with Crippen LogP contribution in [-0.2, 0) is 4.79 Å². The summed E-state index contributed by atoms with van der Waals surface area (Å²) in [5.74, 6) is 0.576. The predicted octanol–water partition coefficient (Wildman–Crippen LogP) is 4.86. The molecule has 0 unspecified atom stereocenters. The Morgan fingerprint density at radius 2 is 1.68 bits per heavy atom. The van der Waals surface area contributed by atoms with Crippen molar-refractivity contribution in [1.29, 1.82) is 0 Å². The number of para-hydroxylation sites is 1. The van der Waals surface area contributed by atoms with Gasteiger partial charge < -0.3 is 4.90 Å². The van der Waals surface area contributed by atoms with Crippen LogP contribution in [0, 0.1) is 0 Å². The molecule has 0 spiro atoms. The van der Waals surface area contributed by atoms with Crippen molar-refractivity contribution in [2.75, 3.05) is 18.8 Å². The van der Waals surface area contributed by atoms with Gasteiger partial charge >= 0.3 is 0 Å². The van der Waals surface area contributed by atoms with Gasteiger partial charge in [-0.3, -0.25) is 4.79 Å². The second-order valence-corrected chi connectivity index (χ2v) is 6.74. The van der Waals surface area contributed by atoms with Crippen LogP contribution in [-0.4, -0.2) is 34.6 Å². The van der Waals surface area contributed by atoms with Crippen LogP contribution in [0.25, 0.3) is 22.0 Å². The van der Waals surface area contributed by atoms with E-state index in [2.05, 4.69) is 24.3 Å². The third-order valence-electron chi connectivity index (χ3n) is 4.24. The predicted molar refractivity (Wildman–Crippen MR) is 106 cm³/mol. The first-order valence-electron chi connectivity index (χ1n) is 8.58. The lowest BCUT2D eigenvalue weighted by atomic mass is 10.0. The molecule has 1 amide bonds. The first-order valence-corrected chi connectivity index (χ1v) is 9.57. The minimum absolute atomic E-state index is 0.159. The van der Waals surface area contributed by atoms with Crippen molar-refractivity contribution in [1.82, 2.24) is 9.88 Å². The third-order valence-corrected chi connectivity index (χ3v) is 5.13. The summed E-state index contributed by atoms with van der Waals surface area (Å²) >= 11 is 1.51. The van der Waals surface area contributed by atoms with Gasteiger partial charge in [0.05, 0.1) is 16.3 Å². The number of benzene rings is 2. The molecule has 0 radical (unpaired) electrons. The Morgan fingerprint density at radius 3 is 2.40 bits per heavy atom. The number of hydrogen-bond acceptors (Lipinski definition) is 3. The van der Waals surface area contributed by atoms with Crippen molar-refractivity contribution in [3.63, 3.8) is 0 Å². The van der Waals surface area contributed by atoms with Gasteiger partial charge in [0.15, 0.2) is 0 Å². The Bertz CT molecular complexity index is 860. The highest BCUT2D eigenvalue weighted by molar-refractivity contribution is 7.99. The molecule has 1 aromatic heterocycles. The van der Waals surface area contributed by atoms with Gasteiger partial charge in [0.2, 0.25) is 5.91 Å². The minimum Gasteiger partial charge on any atom is -0.343 e. The topological polar surface area (TPSA) is 33.2 Å².